The fraction of sp³-hybridized carbons (Fsp3) is 0.318. The van der Waals surface area contributed by atoms with Gasteiger partial charge in [-0.15, -0.1) is 69.1 Å². The first-order chi connectivity index (χ1) is 28.0. The molecule has 0 amide bonds. The molecule has 0 saturated heterocycles. The quantitative estimate of drug-likeness (QED) is 0.0810. The predicted octanol–water partition coefficient (Wildman–Crippen LogP) is 17.4. The van der Waals surface area contributed by atoms with Gasteiger partial charge in [0.2, 0.25) is 0 Å². The summed E-state index contributed by atoms with van der Waals surface area (Å²) < 4.78 is 158. The standard InChI is InChI=1S/2C21H17F6.C2H6Si.2ClH.Zr/c2*1-2-3-5-13-8-14-6-4-7-18(19(14)9-13)15-10-16(20(22,23)24)12-17(11-15)21(25,26)27;1-3-2;;;/h2*4,6-12H,2-3,5H2,1H3;1-2H3;2*1H;/q2*-1;;;;+4/p-2. The first kappa shape index (κ1) is 51.3. The summed E-state index contributed by atoms with van der Waals surface area (Å²) >= 11 is -0.826. The van der Waals surface area contributed by atoms with Crippen molar-refractivity contribution in [1.82, 2.24) is 0 Å². The molecule has 0 aromatic heterocycles. The number of rotatable bonds is 8. The Kier molecular flexibility index (Phi) is 19.1. The van der Waals surface area contributed by atoms with E-state index in [0.717, 1.165) is 94.2 Å². The van der Waals surface area contributed by atoms with Gasteiger partial charge in [-0.3, -0.25) is 0 Å². The van der Waals surface area contributed by atoms with Crippen molar-refractivity contribution in [1.29, 1.82) is 0 Å². The molecule has 6 aromatic rings. The third-order valence-electron chi connectivity index (χ3n) is 9.06. The zero-order chi connectivity index (χ0) is 45.1. The molecule has 0 nitrogen and oxygen atoms in total. The third kappa shape index (κ3) is 14.5. The van der Waals surface area contributed by atoms with Crippen molar-refractivity contribution in [2.75, 3.05) is 0 Å². The Hall–Kier alpha value is -3.06. The molecule has 0 heterocycles. The van der Waals surface area contributed by atoms with Gasteiger partial charge in [-0.25, -0.2) is 0 Å². The van der Waals surface area contributed by atoms with Gasteiger partial charge in [0.25, 0.3) is 0 Å². The van der Waals surface area contributed by atoms with Gasteiger partial charge in [0.1, 0.15) is 0 Å². The van der Waals surface area contributed by atoms with Gasteiger partial charge in [-0.05, 0) is 60.4 Å². The topological polar surface area (TPSA) is 0 Å². The van der Waals surface area contributed by atoms with Crippen LogP contribution in [0.1, 0.15) is 72.9 Å². The van der Waals surface area contributed by atoms with Crippen molar-refractivity contribution < 1.29 is 73.5 Å². The minimum absolute atomic E-state index is 0.0876. The van der Waals surface area contributed by atoms with E-state index in [2.05, 4.69) is 26.9 Å². The van der Waals surface area contributed by atoms with E-state index in [1.165, 1.54) is 0 Å². The molecule has 0 aliphatic rings. The van der Waals surface area contributed by atoms with Crippen LogP contribution in [0, 0.1) is 0 Å². The summed E-state index contributed by atoms with van der Waals surface area (Å²) in [5.41, 5.74) is -2.59. The molecule has 6 rings (SSSR count). The molecule has 0 saturated carbocycles. The normalized spacial score (nSPS) is 11.9. The Morgan fingerprint density at radius 2 is 0.783 bits per heavy atom. The molecule has 16 heteroatoms. The van der Waals surface area contributed by atoms with Gasteiger partial charge in [-0.2, -0.15) is 64.8 Å². The first-order valence-corrected chi connectivity index (χ1v) is 26.9. The van der Waals surface area contributed by atoms with Gasteiger partial charge >= 0.3 is 62.6 Å². The number of hydrogen-bond acceptors (Lipinski definition) is 0. The second kappa shape index (κ2) is 22.3. The summed E-state index contributed by atoms with van der Waals surface area (Å²) in [6.45, 7) is 8.41. The molecule has 0 aliphatic carbocycles. The Morgan fingerprint density at radius 3 is 1.03 bits per heavy atom. The van der Waals surface area contributed by atoms with Crippen LogP contribution in [0.4, 0.5) is 52.7 Å². The number of aryl methyl sites for hydroxylation is 2. The molecule has 0 unspecified atom stereocenters. The second-order valence-electron chi connectivity index (χ2n) is 13.7. The van der Waals surface area contributed by atoms with Crippen LogP contribution >= 0.6 is 17.0 Å². The summed E-state index contributed by atoms with van der Waals surface area (Å²) in [5, 5.41) is 2.95. The Labute approximate surface area is 362 Å². The minimum atomic E-state index is -4.86. The molecule has 322 valence electrons. The van der Waals surface area contributed by atoms with E-state index < -0.39 is 67.8 Å². The van der Waals surface area contributed by atoms with Crippen LogP contribution in [0.3, 0.4) is 0 Å². The average molecular weight is 987 g/mol. The molecule has 6 aromatic carbocycles. The van der Waals surface area contributed by atoms with Crippen LogP contribution < -0.4 is 0 Å². The number of alkyl halides is 12. The SMILES string of the molecule is CCCCc1cc2c(-c3cc(C(F)(F)F)cc(C(F)(F)F)c3)cccc2[cH-]1.CCCCc1cc2c(-c3cc(C(F)(F)F)cc(C(F)(F)F)c3)cccc2[cH-]1.C[Si]C.[Cl][Zr+2][Cl]. The van der Waals surface area contributed by atoms with Gasteiger partial charge in [0, 0.05) is 9.52 Å². The van der Waals surface area contributed by atoms with Gasteiger partial charge in [-0.1, -0.05) is 75.9 Å². The number of benzene rings is 4. The van der Waals surface area contributed by atoms with E-state index in [4.69, 9.17) is 17.0 Å². The van der Waals surface area contributed by atoms with Crippen molar-refractivity contribution >= 4 is 48.1 Å². The molecular formula is C44H40Cl2F12SiZr. The third-order valence-corrected chi connectivity index (χ3v) is 9.06. The summed E-state index contributed by atoms with van der Waals surface area (Å²) in [7, 11) is 11.0. The van der Waals surface area contributed by atoms with Crippen LogP contribution in [-0.2, 0) is 58.4 Å². The Bertz CT molecular complexity index is 2040. The zero-order valence-corrected chi connectivity index (χ0v) is 37.7. The predicted molar refractivity (Wildman–Crippen MR) is 216 cm³/mol. The number of unbranched alkanes of at least 4 members (excludes halogenated alkanes) is 2. The Morgan fingerprint density at radius 1 is 0.500 bits per heavy atom. The van der Waals surface area contributed by atoms with E-state index in [0.29, 0.717) is 21.9 Å². The molecule has 0 bridgehead atoms. The number of fused-ring (bicyclic) bond motifs is 2. The van der Waals surface area contributed by atoms with Crippen molar-refractivity contribution in [3.63, 3.8) is 0 Å². The Balaban J connectivity index is 0.000000283. The van der Waals surface area contributed by atoms with E-state index in [-0.39, 0.29) is 23.3 Å². The molecule has 0 atom stereocenters. The molecule has 0 aliphatic heterocycles. The van der Waals surface area contributed by atoms with Crippen molar-refractivity contribution in [3.05, 3.63) is 130 Å². The average Bonchev–Trinajstić information content (AvgIpc) is 3.79. The number of halogens is 14. The van der Waals surface area contributed by atoms with Gasteiger partial charge in [0.05, 0.1) is 22.3 Å². The van der Waals surface area contributed by atoms with Gasteiger partial charge < -0.3 is 0 Å². The fourth-order valence-electron chi connectivity index (χ4n) is 6.37. The first-order valence-electron chi connectivity index (χ1n) is 18.5. The van der Waals surface area contributed by atoms with Crippen LogP contribution in [0.25, 0.3) is 43.8 Å². The van der Waals surface area contributed by atoms with E-state index in [1.54, 1.807) is 24.3 Å². The van der Waals surface area contributed by atoms with E-state index in [1.807, 2.05) is 36.4 Å². The second-order valence-corrected chi connectivity index (χ2v) is 18.4. The summed E-state index contributed by atoms with van der Waals surface area (Å²) in [6.07, 6.45) is -13.9. The van der Waals surface area contributed by atoms with Crippen molar-refractivity contribution in [2.45, 2.75) is 90.2 Å². The maximum absolute atomic E-state index is 13.1. The zero-order valence-electron chi connectivity index (χ0n) is 32.8. The molecule has 0 fully saturated rings. The molecule has 0 N–H and O–H groups in total. The van der Waals surface area contributed by atoms with E-state index >= 15 is 0 Å². The molecule has 2 radical (unpaired) electrons. The monoisotopic (exact) mass is 984 g/mol. The molecule has 0 spiro atoms. The van der Waals surface area contributed by atoms with Crippen LogP contribution in [0.15, 0.2) is 97.1 Å². The molecular weight excluding hydrogens is 947 g/mol. The van der Waals surface area contributed by atoms with Crippen LogP contribution in [-0.4, -0.2) is 9.52 Å². The maximum atomic E-state index is 13.1. The molecule has 60 heavy (non-hydrogen) atoms. The van der Waals surface area contributed by atoms with Crippen molar-refractivity contribution in [2.24, 2.45) is 0 Å². The van der Waals surface area contributed by atoms with Crippen molar-refractivity contribution in [3.8, 4) is 22.3 Å². The van der Waals surface area contributed by atoms with E-state index in [9.17, 15) is 52.7 Å². The number of hydrogen-bond donors (Lipinski definition) is 0. The fourth-order valence-corrected chi connectivity index (χ4v) is 6.37. The van der Waals surface area contributed by atoms with Crippen LogP contribution in [0.5, 0.6) is 0 Å². The summed E-state index contributed by atoms with van der Waals surface area (Å²) in [6, 6.07) is 21.0. The summed E-state index contributed by atoms with van der Waals surface area (Å²) in [4.78, 5) is 0. The van der Waals surface area contributed by atoms with Gasteiger partial charge in [0.15, 0.2) is 0 Å². The van der Waals surface area contributed by atoms with Crippen LogP contribution in [0.2, 0.25) is 13.1 Å². The summed E-state index contributed by atoms with van der Waals surface area (Å²) in [5.74, 6) is 0.